The van der Waals surface area contributed by atoms with Crippen LogP contribution in [0.1, 0.15) is 0 Å². The molecule has 1 heterocycles. The Labute approximate surface area is 60.7 Å². The van der Waals surface area contributed by atoms with Gasteiger partial charge in [0.1, 0.15) is 7.05 Å². The van der Waals surface area contributed by atoms with Gasteiger partial charge in [0.05, 0.1) is 5.69 Å². The molecule has 0 radical (unpaired) electrons. The van der Waals surface area contributed by atoms with Crippen LogP contribution in [-0.2, 0) is 7.05 Å². The van der Waals surface area contributed by atoms with Crippen LogP contribution in [0.5, 0.6) is 0 Å². The number of aryl methyl sites for hydroxylation is 1. The van der Waals surface area contributed by atoms with Gasteiger partial charge in [-0.3, -0.25) is 0 Å². The van der Waals surface area contributed by atoms with E-state index in [1.165, 1.54) is 0 Å². The van der Waals surface area contributed by atoms with E-state index in [4.69, 9.17) is 5.73 Å². The molecule has 0 spiro atoms. The molecule has 0 saturated carbocycles. The zero-order chi connectivity index (χ0) is 5.98. The van der Waals surface area contributed by atoms with Crippen molar-refractivity contribution < 1.29 is 17.0 Å². The Morgan fingerprint density at radius 1 is 1.56 bits per heavy atom. The molecule has 1 aromatic rings. The van der Waals surface area contributed by atoms with Gasteiger partial charge in [0, 0.05) is 6.07 Å². The van der Waals surface area contributed by atoms with Crippen LogP contribution >= 0.6 is 0 Å². The topological polar surface area (TPSA) is 29.9 Å². The van der Waals surface area contributed by atoms with Gasteiger partial charge in [0.2, 0.25) is 0 Å². The average Bonchev–Trinajstić information content (AvgIpc) is 1.64. The largest absolute Gasteiger partial charge is 1.00 e. The van der Waals surface area contributed by atoms with Crippen LogP contribution in [0.4, 0.5) is 5.69 Å². The molecule has 0 atom stereocenters. The van der Waals surface area contributed by atoms with Gasteiger partial charge < -0.3 is 18.1 Å². The molecule has 2 nitrogen and oxygen atoms in total. The Hall–Kier alpha value is -0.760. The summed E-state index contributed by atoms with van der Waals surface area (Å²) in [6.07, 6.45) is 3.80. The third kappa shape index (κ3) is 2.33. The van der Waals surface area contributed by atoms with Crippen LogP contribution in [-0.4, -0.2) is 0 Å². The van der Waals surface area contributed by atoms with Crippen LogP contribution in [0.15, 0.2) is 24.5 Å². The van der Waals surface area contributed by atoms with Crippen molar-refractivity contribution in [2.75, 3.05) is 5.73 Å². The molecule has 1 rings (SSSR count). The fourth-order valence-corrected chi connectivity index (χ4v) is 0.611. The molecule has 0 aliphatic carbocycles. The van der Waals surface area contributed by atoms with Gasteiger partial charge in [-0.25, -0.2) is 4.57 Å². The Bertz CT molecular complexity index is 171. The molecule has 0 saturated heterocycles. The van der Waals surface area contributed by atoms with Gasteiger partial charge in [-0.2, -0.15) is 0 Å². The van der Waals surface area contributed by atoms with Crippen molar-refractivity contribution in [1.29, 1.82) is 0 Å². The molecule has 0 unspecified atom stereocenters. The summed E-state index contributed by atoms with van der Waals surface area (Å²) in [5.41, 5.74) is 6.24. The minimum Gasteiger partial charge on any atom is -1.00 e. The zero-order valence-corrected chi connectivity index (χ0v) is 5.97. The van der Waals surface area contributed by atoms with Crippen molar-refractivity contribution in [2.45, 2.75) is 0 Å². The summed E-state index contributed by atoms with van der Waals surface area (Å²) in [6.45, 7) is 0. The minimum atomic E-state index is 0. The third-order valence-electron chi connectivity index (χ3n) is 0.963. The number of nitrogens with zero attached hydrogens (tertiary/aromatic N) is 1. The summed E-state index contributed by atoms with van der Waals surface area (Å²) in [5.74, 6) is 0. The predicted octanol–water partition coefficient (Wildman–Crippen LogP) is -2.90. The molecule has 0 amide bonds. The lowest BCUT2D eigenvalue weighted by molar-refractivity contribution is -0.670. The Kier molecular flexibility index (Phi) is 3.02. The highest BCUT2D eigenvalue weighted by molar-refractivity contribution is 5.30. The third-order valence-corrected chi connectivity index (χ3v) is 0.963. The van der Waals surface area contributed by atoms with E-state index in [0.29, 0.717) is 0 Å². The van der Waals surface area contributed by atoms with E-state index in [9.17, 15) is 0 Å². The van der Waals surface area contributed by atoms with Gasteiger partial charge in [0.15, 0.2) is 12.4 Å². The lowest BCUT2D eigenvalue weighted by Crippen LogP contribution is -3.00. The normalized spacial score (nSPS) is 8.11. The second kappa shape index (κ2) is 3.30. The lowest BCUT2D eigenvalue weighted by Gasteiger charge is -1.85. The number of nitrogen functional groups attached to an aromatic ring is 1. The first-order valence-electron chi connectivity index (χ1n) is 2.50. The first-order chi connectivity index (χ1) is 3.79. The Morgan fingerprint density at radius 2 is 2.22 bits per heavy atom. The van der Waals surface area contributed by atoms with Gasteiger partial charge in [0.25, 0.3) is 0 Å². The summed E-state index contributed by atoms with van der Waals surface area (Å²) in [7, 11) is 1.94. The molecule has 1 aromatic heterocycles. The summed E-state index contributed by atoms with van der Waals surface area (Å²) in [6, 6.07) is 3.77. The summed E-state index contributed by atoms with van der Waals surface area (Å²) in [4.78, 5) is 0. The van der Waals surface area contributed by atoms with Crippen LogP contribution in [0.2, 0.25) is 0 Å². The zero-order valence-electron chi connectivity index (χ0n) is 5.21. The van der Waals surface area contributed by atoms with Crippen molar-refractivity contribution >= 4 is 5.69 Å². The summed E-state index contributed by atoms with van der Waals surface area (Å²) in [5, 5.41) is 0. The number of hydrogen-bond donors (Lipinski definition) is 1. The quantitative estimate of drug-likeness (QED) is 0.389. The van der Waals surface area contributed by atoms with E-state index >= 15 is 0 Å². The molecule has 0 aliphatic rings. The summed E-state index contributed by atoms with van der Waals surface area (Å²) < 4.78 is 1.91. The van der Waals surface area contributed by atoms with Gasteiger partial charge in [-0.05, 0) is 6.07 Å². The Morgan fingerprint density at radius 3 is 2.56 bits per heavy atom. The highest BCUT2D eigenvalue weighted by Gasteiger charge is 1.87. The molecule has 3 heteroatoms. The van der Waals surface area contributed by atoms with E-state index in [0.717, 1.165) is 5.69 Å². The number of halogens is 1. The molecule has 0 aromatic carbocycles. The van der Waals surface area contributed by atoms with E-state index in [1.807, 2.05) is 36.1 Å². The lowest BCUT2D eigenvalue weighted by atomic mass is 10.4. The number of anilines is 1. The maximum atomic E-state index is 5.44. The van der Waals surface area contributed by atoms with Crippen molar-refractivity contribution in [2.24, 2.45) is 7.05 Å². The fourth-order valence-electron chi connectivity index (χ4n) is 0.611. The van der Waals surface area contributed by atoms with Gasteiger partial charge >= 0.3 is 0 Å². The molecular formula is C6H9ClN2. The van der Waals surface area contributed by atoms with E-state index < -0.39 is 0 Å². The van der Waals surface area contributed by atoms with Crippen LogP contribution in [0.3, 0.4) is 0 Å². The van der Waals surface area contributed by atoms with Crippen molar-refractivity contribution in [1.82, 2.24) is 0 Å². The predicted molar refractivity (Wildman–Crippen MR) is 32.0 cm³/mol. The second-order valence-corrected chi connectivity index (χ2v) is 1.80. The van der Waals surface area contributed by atoms with Crippen molar-refractivity contribution in [3.63, 3.8) is 0 Å². The minimum absolute atomic E-state index is 0. The van der Waals surface area contributed by atoms with Crippen LogP contribution in [0.25, 0.3) is 0 Å². The van der Waals surface area contributed by atoms with Gasteiger partial charge in [-0.15, -0.1) is 0 Å². The number of pyridine rings is 1. The average molecular weight is 145 g/mol. The Balaban J connectivity index is 0.000000640. The highest BCUT2D eigenvalue weighted by Crippen LogP contribution is 1.90. The first kappa shape index (κ1) is 8.24. The van der Waals surface area contributed by atoms with E-state index in [2.05, 4.69) is 0 Å². The molecule has 2 N–H and O–H groups in total. The number of hydrogen-bond acceptors (Lipinski definition) is 1. The maximum absolute atomic E-state index is 5.44. The molecule has 9 heavy (non-hydrogen) atoms. The van der Waals surface area contributed by atoms with Crippen LogP contribution in [0, 0.1) is 0 Å². The van der Waals surface area contributed by atoms with E-state index in [-0.39, 0.29) is 12.4 Å². The molecule has 50 valence electrons. The molecule has 0 bridgehead atoms. The fraction of sp³-hybridized carbons (Fsp3) is 0.167. The SMILES string of the molecule is C[n+]1cccc(N)c1.[Cl-]. The monoisotopic (exact) mass is 144 g/mol. The number of nitrogens with two attached hydrogens (primary N) is 1. The molecular weight excluding hydrogens is 136 g/mol. The molecule has 0 aliphatic heterocycles. The molecule has 0 fully saturated rings. The van der Waals surface area contributed by atoms with Crippen molar-refractivity contribution in [3.8, 4) is 0 Å². The first-order valence-corrected chi connectivity index (χ1v) is 2.50. The van der Waals surface area contributed by atoms with Crippen LogP contribution < -0.4 is 22.7 Å². The van der Waals surface area contributed by atoms with Gasteiger partial charge in [-0.1, -0.05) is 0 Å². The smallest absolute Gasteiger partial charge is 0.191 e. The standard InChI is InChI=1S/C6H9N2.ClH/c1-8-4-2-3-6(7)5-8;/h2-5H,7H2,1H3;1H/q+1;/p-1. The van der Waals surface area contributed by atoms with E-state index in [1.54, 1.807) is 0 Å². The second-order valence-electron chi connectivity index (χ2n) is 1.80. The number of aromatic nitrogens is 1. The maximum Gasteiger partial charge on any atom is 0.191 e. The van der Waals surface area contributed by atoms with Crippen molar-refractivity contribution in [3.05, 3.63) is 24.5 Å². The summed E-state index contributed by atoms with van der Waals surface area (Å²) >= 11 is 0. The number of rotatable bonds is 0. The highest BCUT2D eigenvalue weighted by atomic mass is 35.5.